The number of hydrazone groups is 1. The van der Waals surface area contributed by atoms with Crippen LogP contribution in [0, 0.1) is 5.92 Å². The maximum Gasteiger partial charge on any atom is 0.365 e. The van der Waals surface area contributed by atoms with Crippen LogP contribution in [0.5, 0.6) is 0 Å². The van der Waals surface area contributed by atoms with E-state index < -0.39 is 16.1 Å². The molecule has 0 spiro atoms. The van der Waals surface area contributed by atoms with Crippen LogP contribution >= 0.6 is 46.6 Å². The molecule has 27 heavy (non-hydrogen) atoms. The highest BCUT2D eigenvalue weighted by molar-refractivity contribution is 8.13. The van der Waals surface area contributed by atoms with E-state index >= 15 is 0 Å². The maximum atomic E-state index is 12.5. The van der Waals surface area contributed by atoms with Crippen LogP contribution in [0.3, 0.4) is 0 Å². The summed E-state index contributed by atoms with van der Waals surface area (Å²) in [4.78, 5) is 31.7. The molecule has 1 atom stereocenters. The number of alkyl halides is 3. The predicted molar refractivity (Wildman–Crippen MR) is 109 cm³/mol. The van der Waals surface area contributed by atoms with Crippen LogP contribution < -0.4 is 5.48 Å². The molecule has 0 aliphatic carbocycles. The van der Waals surface area contributed by atoms with E-state index in [1.165, 1.54) is 11.8 Å². The lowest BCUT2D eigenvalue weighted by Crippen LogP contribution is -2.45. The van der Waals surface area contributed by atoms with E-state index in [0.717, 1.165) is 11.6 Å². The third kappa shape index (κ3) is 10.0. The van der Waals surface area contributed by atoms with Crippen LogP contribution in [0.2, 0.25) is 0 Å². The van der Waals surface area contributed by atoms with Gasteiger partial charge in [0.05, 0.1) is 0 Å². The molecular weight excluding hydrogens is 439 g/mol. The van der Waals surface area contributed by atoms with Crippen LogP contribution in [0.4, 0.5) is 4.79 Å². The lowest BCUT2D eigenvalue weighted by atomic mass is 10.1. The van der Waals surface area contributed by atoms with Gasteiger partial charge in [-0.15, -0.1) is 5.10 Å². The normalized spacial score (nSPS) is 17.3. The van der Waals surface area contributed by atoms with Crippen molar-refractivity contribution in [2.24, 2.45) is 11.0 Å². The fourth-order valence-electron chi connectivity index (χ4n) is 1.82. The number of urea groups is 1. The molecule has 0 bridgehead atoms. The number of ketones is 1. The van der Waals surface area contributed by atoms with Gasteiger partial charge in [-0.05, 0) is 26.4 Å². The molecule has 1 N–H and O–H groups in total. The van der Waals surface area contributed by atoms with Crippen molar-refractivity contribution in [1.29, 1.82) is 0 Å². The molecule has 1 aliphatic heterocycles. The van der Waals surface area contributed by atoms with E-state index in [1.54, 1.807) is 0 Å². The smallest absolute Gasteiger partial charge is 0.365 e. The van der Waals surface area contributed by atoms with Gasteiger partial charge in [0, 0.05) is 18.7 Å². The summed E-state index contributed by atoms with van der Waals surface area (Å²) in [7, 11) is 3.88. The summed E-state index contributed by atoms with van der Waals surface area (Å²) >= 11 is 18.0. The second-order valence-electron chi connectivity index (χ2n) is 6.54. The zero-order chi connectivity index (χ0) is 20.6. The number of hydrogen-bond acceptors (Lipinski definition) is 7. The SMILES string of the molecule is CC(C)CCC(=O)C1OC(SCCN(C)C)=NN1C(=O)NOCC(Cl)(Cl)Cl. The quantitative estimate of drug-likeness (QED) is 0.417. The van der Waals surface area contributed by atoms with Crippen molar-refractivity contribution in [2.75, 3.05) is 33.0 Å². The summed E-state index contributed by atoms with van der Waals surface area (Å²) in [6.45, 7) is 4.45. The van der Waals surface area contributed by atoms with Gasteiger partial charge in [-0.2, -0.15) is 5.01 Å². The Morgan fingerprint density at radius 3 is 2.63 bits per heavy atom. The molecular formula is C15H25Cl3N4O4S. The summed E-state index contributed by atoms with van der Waals surface area (Å²) in [5, 5.41) is 5.25. The summed E-state index contributed by atoms with van der Waals surface area (Å²) < 4.78 is 3.91. The van der Waals surface area contributed by atoms with Crippen LogP contribution in [0.25, 0.3) is 0 Å². The van der Waals surface area contributed by atoms with Crippen molar-refractivity contribution in [1.82, 2.24) is 15.4 Å². The monoisotopic (exact) mass is 462 g/mol. The minimum Gasteiger partial charge on any atom is -0.438 e. The number of nitrogens with one attached hydrogen (secondary N) is 1. The minimum atomic E-state index is -1.68. The highest BCUT2D eigenvalue weighted by Gasteiger charge is 2.38. The molecule has 0 aromatic heterocycles. The van der Waals surface area contributed by atoms with Crippen molar-refractivity contribution >= 4 is 63.6 Å². The molecule has 0 radical (unpaired) electrons. The lowest BCUT2D eigenvalue weighted by molar-refractivity contribution is -0.131. The summed E-state index contributed by atoms with van der Waals surface area (Å²) in [6, 6.07) is -0.782. The third-order valence-corrected chi connectivity index (χ3v) is 4.37. The number of amides is 2. The predicted octanol–water partition coefficient (Wildman–Crippen LogP) is 3.23. The molecule has 156 valence electrons. The molecule has 0 saturated carbocycles. The summed E-state index contributed by atoms with van der Waals surface area (Å²) in [6.07, 6.45) is -0.185. The molecule has 0 saturated heterocycles. The second-order valence-corrected chi connectivity index (χ2v) is 10.1. The van der Waals surface area contributed by atoms with Crippen LogP contribution in [0.15, 0.2) is 5.10 Å². The summed E-state index contributed by atoms with van der Waals surface area (Å²) in [5.41, 5.74) is 2.10. The maximum absolute atomic E-state index is 12.5. The number of hydrogen-bond donors (Lipinski definition) is 1. The first-order chi connectivity index (χ1) is 12.5. The number of Topliss-reactive ketones (excluding diaryl/α,β-unsaturated/α-hetero) is 1. The first-order valence-corrected chi connectivity index (χ1v) is 10.4. The number of ether oxygens (including phenoxy) is 1. The molecule has 1 rings (SSSR count). The third-order valence-electron chi connectivity index (χ3n) is 3.23. The second kappa shape index (κ2) is 11.5. The van der Waals surface area contributed by atoms with Crippen LogP contribution in [-0.2, 0) is 14.4 Å². The number of hydroxylamine groups is 1. The zero-order valence-electron chi connectivity index (χ0n) is 15.7. The largest absolute Gasteiger partial charge is 0.438 e. The molecule has 0 aromatic carbocycles. The Balaban J connectivity index is 2.71. The van der Waals surface area contributed by atoms with Gasteiger partial charge in [-0.1, -0.05) is 60.4 Å². The Morgan fingerprint density at radius 1 is 1.41 bits per heavy atom. The standard InChI is InChI=1S/C15H25Cl3N4O4S/c1-10(2)5-6-11(23)12-22(13(24)20-25-9-15(16,17)18)19-14(26-12)27-8-7-21(3)4/h10,12H,5-9H2,1-4H3,(H,20,24). The lowest BCUT2D eigenvalue weighted by Gasteiger charge is -2.20. The van der Waals surface area contributed by atoms with Crippen molar-refractivity contribution in [3.63, 3.8) is 0 Å². The van der Waals surface area contributed by atoms with Crippen molar-refractivity contribution < 1.29 is 19.2 Å². The van der Waals surface area contributed by atoms with Gasteiger partial charge in [0.2, 0.25) is 3.79 Å². The molecule has 2 amide bonds. The average molecular weight is 464 g/mol. The Hall–Kier alpha value is -0.450. The van der Waals surface area contributed by atoms with Crippen LogP contribution in [-0.4, -0.2) is 70.0 Å². The summed E-state index contributed by atoms with van der Waals surface area (Å²) in [5.74, 6) is 0.796. The van der Waals surface area contributed by atoms with Gasteiger partial charge in [0.1, 0.15) is 6.61 Å². The van der Waals surface area contributed by atoms with E-state index in [2.05, 4.69) is 10.6 Å². The number of carbonyl (C=O) groups excluding carboxylic acids is 2. The molecule has 8 nitrogen and oxygen atoms in total. The van der Waals surface area contributed by atoms with Gasteiger partial charge < -0.3 is 9.64 Å². The van der Waals surface area contributed by atoms with Crippen LogP contribution in [0.1, 0.15) is 26.7 Å². The topological polar surface area (TPSA) is 83.5 Å². The van der Waals surface area contributed by atoms with E-state index in [-0.39, 0.29) is 24.0 Å². The molecule has 0 fully saturated rings. The molecule has 0 aromatic rings. The first-order valence-electron chi connectivity index (χ1n) is 8.33. The van der Waals surface area contributed by atoms with E-state index in [0.29, 0.717) is 18.1 Å². The fraction of sp³-hybridized carbons (Fsp3) is 0.800. The highest BCUT2D eigenvalue weighted by atomic mass is 35.6. The number of rotatable bonds is 9. The minimum absolute atomic E-state index is 0.243. The molecule has 1 aliphatic rings. The van der Waals surface area contributed by atoms with E-state index in [1.807, 2.05) is 32.8 Å². The number of halogens is 3. The number of nitrogens with zero attached hydrogens (tertiary/aromatic N) is 3. The van der Waals surface area contributed by atoms with E-state index in [9.17, 15) is 9.59 Å². The van der Waals surface area contributed by atoms with Gasteiger partial charge in [0.15, 0.2) is 5.78 Å². The molecule has 12 heteroatoms. The highest BCUT2D eigenvalue weighted by Crippen LogP contribution is 2.26. The van der Waals surface area contributed by atoms with Crippen molar-refractivity contribution in [3.05, 3.63) is 0 Å². The fourth-order valence-corrected chi connectivity index (χ4v) is 2.92. The number of thioether (sulfide) groups is 1. The average Bonchev–Trinajstić information content (AvgIpc) is 2.95. The Labute approximate surface area is 178 Å². The zero-order valence-corrected chi connectivity index (χ0v) is 18.8. The molecule has 1 heterocycles. The Kier molecular flexibility index (Phi) is 10.5. The molecule has 1 unspecified atom stereocenters. The first kappa shape index (κ1) is 24.6. The van der Waals surface area contributed by atoms with Crippen molar-refractivity contribution in [3.8, 4) is 0 Å². The van der Waals surface area contributed by atoms with Gasteiger partial charge >= 0.3 is 6.03 Å². The Bertz CT molecular complexity index is 544. The Morgan fingerprint density at radius 2 is 2.07 bits per heavy atom. The van der Waals surface area contributed by atoms with Crippen molar-refractivity contribution in [2.45, 2.75) is 36.7 Å². The number of carbonyl (C=O) groups is 2. The van der Waals surface area contributed by atoms with E-state index in [4.69, 9.17) is 44.4 Å². The van der Waals surface area contributed by atoms with Gasteiger partial charge in [0.25, 0.3) is 11.5 Å². The van der Waals surface area contributed by atoms with Gasteiger partial charge in [-0.25, -0.2) is 10.3 Å². The van der Waals surface area contributed by atoms with Gasteiger partial charge in [-0.3, -0.25) is 9.63 Å².